The van der Waals surface area contributed by atoms with Gasteiger partial charge in [0.1, 0.15) is 5.75 Å². The van der Waals surface area contributed by atoms with Gasteiger partial charge in [0.25, 0.3) is 0 Å². The summed E-state index contributed by atoms with van der Waals surface area (Å²) in [7, 11) is 0. The molecule has 0 saturated carbocycles. The molecule has 0 fully saturated rings. The fourth-order valence-corrected chi connectivity index (χ4v) is 1.72. The molecule has 3 N–H and O–H groups in total. The van der Waals surface area contributed by atoms with Crippen LogP contribution >= 0.6 is 0 Å². The van der Waals surface area contributed by atoms with E-state index in [4.69, 9.17) is 0 Å². The normalized spacial score (nSPS) is 10.9. The molecule has 4 nitrogen and oxygen atoms in total. The van der Waals surface area contributed by atoms with Crippen LogP contribution in [0.5, 0.6) is 5.75 Å². The molecule has 0 aliphatic rings. The maximum atomic E-state index is 11.3. The van der Waals surface area contributed by atoms with Crippen molar-refractivity contribution in [2.75, 3.05) is 0 Å². The quantitative estimate of drug-likeness (QED) is 0.723. The number of rotatable bonds is 2. The van der Waals surface area contributed by atoms with E-state index in [1.54, 1.807) is 18.2 Å². The van der Waals surface area contributed by atoms with Gasteiger partial charge in [-0.05, 0) is 18.1 Å². The predicted molar refractivity (Wildman–Crippen MR) is 62.6 cm³/mol. The molecule has 2 rings (SSSR count). The molecular weight excluding hydrogens is 204 g/mol. The minimum Gasteiger partial charge on any atom is -0.508 e. The number of hydrogen-bond acceptors (Lipinski definition) is 2. The minimum absolute atomic E-state index is 0.189. The zero-order valence-electron chi connectivity index (χ0n) is 9.24. The number of benzene rings is 1. The molecule has 0 aliphatic carbocycles. The monoisotopic (exact) mass is 218 g/mol. The first kappa shape index (κ1) is 10.5. The summed E-state index contributed by atoms with van der Waals surface area (Å²) < 4.78 is 0. The van der Waals surface area contributed by atoms with Gasteiger partial charge in [-0.3, -0.25) is 0 Å². The number of phenols is 1. The number of hydrogen-bond donors (Lipinski definition) is 3. The number of phenolic OH excluding ortho intramolecular Hbond substituents is 1. The van der Waals surface area contributed by atoms with E-state index in [-0.39, 0.29) is 17.4 Å². The number of imidazole rings is 1. The second kappa shape index (κ2) is 3.89. The van der Waals surface area contributed by atoms with Gasteiger partial charge in [-0.2, -0.15) is 0 Å². The van der Waals surface area contributed by atoms with Crippen molar-refractivity contribution in [2.45, 2.75) is 19.8 Å². The first-order valence-electron chi connectivity index (χ1n) is 5.19. The average Bonchev–Trinajstić information content (AvgIpc) is 2.60. The highest BCUT2D eigenvalue weighted by Gasteiger charge is 2.12. The maximum Gasteiger partial charge on any atom is 0.323 e. The molecule has 0 radical (unpaired) electrons. The van der Waals surface area contributed by atoms with Crippen LogP contribution < -0.4 is 5.69 Å². The number of aromatic amines is 2. The molecule has 1 aromatic carbocycles. The standard InChI is InChI=1S/C12H14N2O2/c1-7(2)10-11(14-12(16)13-10)8-4-3-5-9(15)6-8/h3-7,15H,1-2H3,(H2,13,14,16). The summed E-state index contributed by atoms with van der Waals surface area (Å²) in [4.78, 5) is 16.8. The highest BCUT2D eigenvalue weighted by Crippen LogP contribution is 2.26. The van der Waals surface area contributed by atoms with Crippen molar-refractivity contribution in [3.8, 4) is 17.0 Å². The lowest BCUT2D eigenvalue weighted by Crippen LogP contribution is -2.01. The van der Waals surface area contributed by atoms with Crippen molar-refractivity contribution in [3.63, 3.8) is 0 Å². The molecule has 0 saturated heterocycles. The van der Waals surface area contributed by atoms with E-state index in [0.29, 0.717) is 0 Å². The van der Waals surface area contributed by atoms with Crippen LogP contribution in [0.25, 0.3) is 11.3 Å². The summed E-state index contributed by atoms with van der Waals surface area (Å²) in [5, 5.41) is 9.41. The summed E-state index contributed by atoms with van der Waals surface area (Å²) >= 11 is 0. The van der Waals surface area contributed by atoms with Gasteiger partial charge in [0, 0.05) is 11.3 Å². The Hall–Kier alpha value is -1.97. The molecule has 0 aliphatic heterocycles. The Morgan fingerprint density at radius 2 is 2.00 bits per heavy atom. The third kappa shape index (κ3) is 1.86. The van der Waals surface area contributed by atoms with E-state index in [1.165, 1.54) is 0 Å². The van der Waals surface area contributed by atoms with Crippen LogP contribution in [0.2, 0.25) is 0 Å². The molecule has 0 bridgehead atoms. The third-order valence-electron chi connectivity index (χ3n) is 2.47. The Morgan fingerprint density at radius 3 is 2.62 bits per heavy atom. The van der Waals surface area contributed by atoms with E-state index in [1.807, 2.05) is 19.9 Å². The molecule has 0 amide bonds. The number of aromatic hydroxyl groups is 1. The topological polar surface area (TPSA) is 68.9 Å². The number of aromatic nitrogens is 2. The minimum atomic E-state index is -0.220. The van der Waals surface area contributed by atoms with E-state index in [0.717, 1.165) is 17.0 Å². The fraction of sp³-hybridized carbons (Fsp3) is 0.250. The molecule has 84 valence electrons. The fourth-order valence-electron chi connectivity index (χ4n) is 1.72. The van der Waals surface area contributed by atoms with Gasteiger partial charge in [-0.1, -0.05) is 26.0 Å². The molecule has 0 spiro atoms. The Balaban J connectivity index is 2.59. The summed E-state index contributed by atoms with van der Waals surface area (Å²) in [6.07, 6.45) is 0. The van der Waals surface area contributed by atoms with Gasteiger partial charge < -0.3 is 15.1 Å². The largest absolute Gasteiger partial charge is 0.508 e. The number of nitrogens with one attached hydrogen (secondary N) is 2. The lowest BCUT2D eigenvalue weighted by atomic mass is 10.0. The summed E-state index contributed by atoms with van der Waals surface area (Å²) in [5.41, 5.74) is 2.19. The average molecular weight is 218 g/mol. The smallest absolute Gasteiger partial charge is 0.323 e. The molecule has 1 aromatic heterocycles. The third-order valence-corrected chi connectivity index (χ3v) is 2.47. The Kier molecular flexibility index (Phi) is 2.56. The summed E-state index contributed by atoms with van der Waals surface area (Å²) in [6.45, 7) is 4.01. The van der Waals surface area contributed by atoms with Gasteiger partial charge in [0.2, 0.25) is 0 Å². The zero-order valence-corrected chi connectivity index (χ0v) is 9.24. The van der Waals surface area contributed by atoms with Crippen LogP contribution in [-0.4, -0.2) is 15.1 Å². The maximum absolute atomic E-state index is 11.3. The molecule has 0 atom stereocenters. The van der Waals surface area contributed by atoms with E-state index in [9.17, 15) is 9.90 Å². The van der Waals surface area contributed by atoms with Gasteiger partial charge in [-0.15, -0.1) is 0 Å². The second-order valence-electron chi connectivity index (χ2n) is 4.07. The second-order valence-corrected chi connectivity index (χ2v) is 4.07. The van der Waals surface area contributed by atoms with Crippen molar-refractivity contribution in [2.24, 2.45) is 0 Å². The van der Waals surface area contributed by atoms with Gasteiger partial charge >= 0.3 is 5.69 Å². The SMILES string of the molecule is CC(C)c1[nH]c(=O)[nH]c1-c1cccc(O)c1. The van der Waals surface area contributed by atoms with E-state index in [2.05, 4.69) is 9.97 Å². The van der Waals surface area contributed by atoms with E-state index >= 15 is 0 Å². The Morgan fingerprint density at radius 1 is 1.25 bits per heavy atom. The van der Waals surface area contributed by atoms with Crippen molar-refractivity contribution >= 4 is 0 Å². The number of H-pyrrole nitrogens is 2. The first-order chi connectivity index (χ1) is 7.58. The van der Waals surface area contributed by atoms with Gasteiger partial charge in [0.05, 0.1) is 5.69 Å². The van der Waals surface area contributed by atoms with Crippen molar-refractivity contribution in [3.05, 3.63) is 40.4 Å². The van der Waals surface area contributed by atoms with Crippen molar-refractivity contribution in [1.82, 2.24) is 9.97 Å². The molecule has 4 heteroatoms. The molecule has 1 heterocycles. The van der Waals surface area contributed by atoms with Crippen LogP contribution in [0.1, 0.15) is 25.5 Å². The summed E-state index contributed by atoms with van der Waals surface area (Å²) in [5.74, 6) is 0.408. The highest BCUT2D eigenvalue weighted by molar-refractivity contribution is 5.63. The Labute approximate surface area is 93.0 Å². The molecule has 2 aromatic rings. The lowest BCUT2D eigenvalue weighted by Gasteiger charge is -2.06. The molecule has 0 unspecified atom stereocenters. The molecular formula is C12H14N2O2. The molecule has 16 heavy (non-hydrogen) atoms. The zero-order chi connectivity index (χ0) is 11.7. The van der Waals surface area contributed by atoms with Crippen LogP contribution in [0.3, 0.4) is 0 Å². The Bertz CT molecular complexity index is 552. The van der Waals surface area contributed by atoms with Crippen LogP contribution in [-0.2, 0) is 0 Å². The van der Waals surface area contributed by atoms with Crippen molar-refractivity contribution in [1.29, 1.82) is 0 Å². The lowest BCUT2D eigenvalue weighted by molar-refractivity contribution is 0.475. The van der Waals surface area contributed by atoms with Crippen molar-refractivity contribution < 1.29 is 5.11 Å². The van der Waals surface area contributed by atoms with Crippen LogP contribution in [0, 0.1) is 0 Å². The highest BCUT2D eigenvalue weighted by atomic mass is 16.3. The first-order valence-corrected chi connectivity index (χ1v) is 5.19. The van der Waals surface area contributed by atoms with Crippen LogP contribution in [0.4, 0.5) is 0 Å². The van der Waals surface area contributed by atoms with Crippen LogP contribution in [0.15, 0.2) is 29.1 Å². The van der Waals surface area contributed by atoms with Gasteiger partial charge in [0.15, 0.2) is 0 Å². The van der Waals surface area contributed by atoms with Gasteiger partial charge in [-0.25, -0.2) is 4.79 Å². The van der Waals surface area contributed by atoms with E-state index < -0.39 is 0 Å². The summed E-state index contributed by atoms with van der Waals surface area (Å²) in [6, 6.07) is 6.83. The predicted octanol–water partition coefficient (Wildman–Crippen LogP) is 2.20.